The van der Waals surface area contributed by atoms with E-state index in [2.05, 4.69) is 27.6 Å². The second kappa shape index (κ2) is 2.83. The Labute approximate surface area is 96.0 Å². The normalized spacial score (nSPS) is 29.4. The lowest BCUT2D eigenvalue weighted by Gasteiger charge is -2.15. The average Bonchev–Trinajstić information content (AvgIpc) is 2.70. The Bertz CT molecular complexity index is 377. The van der Waals surface area contributed by atoms with Crippen LogP contribution in [0.2, 0.25) is 5.02 Å². The monoisotopic (exact) mass is 305 g/mol. The number of hydrogen-bond donors (Lipinski definition) is 0. The predicted octanol–water partition coefficient (Wildman–Crippen LogP) is 3.70. The number of pyridine rings is 1. The third-order valence-corrected chi connectivity index (χ3v) is 4.81. The van der Waals surface area contributed by atoms with Gasteiger partial charge in [0.15, 0.2) is 0 Å². The van der Waals surface area contributed by atoms with Gasteiger partial charge in [-0.25, -0.2) is 0 Å². The molecule has 1 aromatic heterocycles. The molecule has 0 aliphatic heterocycles. The van der Waals surface area contributed by atoms with Gasteiger partial charge in [0.05, 0.1) is 8.59 Å². The smallest absolute Gasteiger partial charge is 0.0608 e. The summed E-state index contributed by atoms with van der Waals surface area (Å²) in [5.41, 5.74) is 2.66. The van der Waals surface area contributed by atoms with Gasteiger partial charge in [-0.3, -0.25) is 4.98 Å². The highest BCUT2D eigenvalue weighted by Crippen LogP contribution is 2.54. The van der Waals surface area contributed by atoms with Crippen LogP contribution in [0.1, 0.15) is 42.4 Å². The molecule has 1 nitrogen and oxygen atoms in total. The maximum atomic E-state index is 6.29. The molecular weight excluding hydrogens is 296 g/mol. The van der Waals surface area contributed by atoms with Gasteiger partial charge in [-0.1, -0.05) is 11.6 Å². The van der Waals surface area contributed by atoms with Crippen LogP contribution in [0, 0.1) is 3.57 Å². The summed E-state index contributed by atoms with van der Waals surface area (Å²) in [6, 6.07) is 0. The number of rotatable bonds is 0. The minimum absolute atomic E-state index is 0.717. The molecule has 1 saturated carbocycles. The highest BCUT2D eigenvalue weighted by Gasteiger charge is 2.39. The Hall–Kier alpha value is 0.170. The molecule has 0 amide bonds. The van der Waals surface area contributed by atoms with Gasteiger partial charge in [-0.05, 0) is 53.3 Å². The molecule has 3 rings (SSSR count). The van der Waals surface area contributed by atoms with Crippen molar-refractivity contribution in [3.05, 3.63) is 26.0 Å². The zero-order valence-electron chi connectivity index (χ0n) is 7.06. The summed E-state index contributed by atoms with van der Waals surface area (Å²) in [5.74, 6) is 1.43. The second-order valence-corrected chi connectivity index (χ2v) is 5.47. The minimum Gasteiger partial charge on any atom is -0.260 e. The molecule has 0 saturated heterocycles. The standard InChI is InChI=1S/C10H9ClIN/c11-9-7(12)4-13-10-6-2-1-5(3-6)8(9)10/h4-6H,1-3H2. The van der Waals surface area contributed by atoms with E-state index < -0.39 is 0 Å². The number of fused-ring (bicyclic) bond motifs is 5. The molecule has 1 aromatic rings. The predicted molar refractivity (Wildman–Crippen MR) is 61.3 cm³/mol. The van der Waals surface area contributed by atoms with Crippen molar-refractivity contribution in [1.29, 1.82) is 0 Å². The largest absolute Gasteiger partial charge is 0.260 e. The first-order chi connectivity index (χ1) is 6.27. The molecule has 2 aliphatic carbocycles. The van der Waals surface area contributed by atoms with E-state index in [9.17, 15) is 0 Å². The lowest BCUT2D eigenvalue weighted by molar-refractivity contribution is 0.696. The van der Waals surface area contributed by atoms with E-state index in [4.69, 9.17) is 11.6 Å². The lowest BCUT2D eigenvalue weighted by Crippen LogP contribution is -2.02. The first-order valence-electron chi connectivity index (χ1n) is 4.61. The Kier molecular flexibility index (Phi) is 1.84. The Morgan fingerprint density at radius 2 is 2.15 bits per heavy atom. The minimum atomic E-state index is 0.717. The molecule has 0 N–H and O–H groups in total. The van der Waals surface area contributed by atoms with Gasteiger partial charge in [0.1, 0.15) is 0 Å². The van der Waals surface area contributed by atoms with E-state index in [1.807, 2.05) is 6.20 Å². The molecule has 3 heteroatoms. The van der Waals surface area contributed by atoms with Crippen LogP contribution < -0.4 is 0 Å². The molecule has 68 valence electrons. The quantitative estimate of drug-likeness (QED) is 0.666. The second-order valence-electron chi connectivity index (χ2n) is 3.93. The van der Waals surface area contributed by atoms with Gasteiger partial charge in [0, 0.05) is 17.8 Å². The zero-order valence-corrected chi connectivity index (χ0v) is 9.97. The fraction of sp³-hybridized carbons (Fsp3) is 0.500. The van der Waals surface area contributed by atoms with Crippen LogP contribution in [0.5, 0.6) is 0 Å². The van der Waals surface area contributed by atoms with Gasteiger partial charge >= 0.3 is 0 Å². The van der Waals surface area contributed by atoms with Crippen molar-refractivity contribution in [3.8, 4) is 0 Å². The molecule has 2 aliphatic rings. The van der Waals surface area contributed by atoms with Crippen LogP contribution in [0.4, 0.5) is 0 Å². The highest BCUT2D eigenvalue weighted by molar-refractivity contribution is 14.1. The highest BCUT2D eigenvalue weighted by atomic mass is 127. The van der Waals surface area contributed by atoms with Crippen molar-refractivity contribution >= 4 is 34.2 Å². The summed E-state index contributed by atoms with van der Waals surface area (Å²) in [7, 11) is 0. The van der Waals surface area contributed by atoms with Gasteiger partial charge in [-0.2, -0.15) is 0 Å². The van der Waals surface area contributed by atoms with Gasteiger partial charge < -0.3 is 0 Å². The molecule has 2 bridgehead atoms. The molecular formula is C10H9ClIN. The number of halogens is 2. The molecule has 0 radical (unpaired) electrons. The molecule has 13 heavy (non-hydrogen) atoms. The van der Waals surface area contributed by atoms with Crippen molar-refractivity contribution in [2.75, 3.05) is 0 Å². The van der Waals surface area contributed by atoms with Gasteiger partial charge in [-0.15, -0.1) is 0 Å². The molecule has 1 heterocycles. The number of nitrogens with zero attached hydrogens (tertiary/aromatic N) is 1. The Morgan fingerprint density at radius 3 is 3.00 bits per heavy atom. The van der Waals surface area contributed by atoms with Crippen LogP contribution in [0.25, 0.3) is 0 Å². The van der Waals surface area contributed by atoms with E-state index in [-0.39, 0.29) is 0 Å². The fourth-order valence-electron chi connectivity index (χ4n) is 2.70. The lowest BCUT2D eigenvalue weighted by atomic mass is 9.96. The van der Waals surface area contributed by atoms with Crippen molar-refractivity contribution in [1.82, 2.24) is 4.98 Å². The van der Waals surface area contributed by atoms with Crippen LogP contribution >= 0.6 is 34.2 Å². The van der Waals surface area contributed by atoms with Gasteiger partial charge in [0.25, 0.3) is 0 Å². The summed E-state index contributed by atoms with van der Waals surface area (Å²) in [4.78, 5) is 4.51. The first kappa shape index (κ1) is 8.48. The molecule has 0 spiro atoms. The van der Waals surface area contributed by atoms with Crippen molar-refractivity contribution in [3.63, 3.8) is 0 Å². The molecule has 0 aromatic carbocycles. The van der Waals surface area contributed by atoms with E-state index in [0.717, 1.165) is 20.4 Å². The first-order valence-corrected chi connectivity index (χ1v) is 6.07. The third kappa shape index (κ3) is 1.08. The third-order valence-electron chi connectivity index (χ3n) is 3.27. The maximum absolute atomic E-state index is 6.29. The topological polar surface area (TPSA) is 12.9 Å². The molecule has 2 unspecified atom stereocenters. The number of aromatic nitrogens is 1. The van der Waals surface area contributed by atoms with Crippen LogP contribution in [-0.2, 0) is 0 Å². The summed E-state index contributed by atoms with van der Waals surface area (Å²) in [6.07, 6.45) is 5.84. The van der Waals surface area contributed by atoms with Crippen molar-refractivity contribution < 1.29 is 0 Å². The summed E-state index contributed by atoms with van der Waals surface area (Å²) in [5, 5.41) is 0.970. The van der Waals surface area contributed by atoms with E-state index in [1.165, 1.54) is 30.5 Å². The zero-order chi connectivity index (χ0) is 9.00. The van der Waals surface area contributed by atoms with E-state index in [1.54, 1.807) is 0 Å². The SMILES string of the molecule is Clc1c(I)cnc2c1C1CCC2C1. The summed E-state index contributed by atoms with van der Waals surface area (Å²) in [6.45, 7) is 0. The fourth-order valence-corrected chi connectivity index (χ4v) is 3.43. The molecule has 2 atom stereocenters. The Balaban J connectivity index is 2.26. The van der Waals surface area contributed by atoms with Crippen molar-refractivity contribution in [2.45, 2.75) is 31.1 Å². The number of hydrogen-bond acceptors (Lipinski definition) is 1. The van der Waals surface area contributed by atoms with Crippen LogP contribution in [0.15, 0.2) is 6.20 Å². The Morgan fingerprint density at radius 1 is 1.38 bits per heavy atom. The van der Waals surface area contributed by atoms with Crippen molar-refractivity contribution in [2.24, 2.45) is 0 Å². The van der Waals surface area contributed by atoms with Crippen LogP contribution in [0.3, 0.4) is 0 Å². The maximum Gasteiger partial charge on any atom is 0.0608 e. The van der Waals surface area contributed by atoms with E-state index in [0.29, 0.717) is 0 Å². The van der Waals surface area contributed by atoms with E-state index >= 15 is 0 Å². The van der Waals surface area contributed by atoms with Crippen LogP contribution in [-0.4, -0.2) is 4.98 Å². The average molecular weight is 306 g/mol. The molecule has 1 fully saturated rings. The van der Waals surface area contributed by atoms with Gasteiger partial charge in [0.2, 0.25) is 0 Å². The summed E-state index contributed by atoms with van der Waals surface area (Å²) >= 11 is 8.55. The summed E-state index contributed by atoms with van der Waals surface area (Å²) < 4.78 is 1.10.